The number of benzene rings is 2. The Labute approximate surface area is 130 Å². The molecule has 2 aromatic rings. The zero-order chi connectivity index (χ0) is 13.2. The lowest BCUT2D eigenvalue weighted by Gasteiger charge is -2.16. The minimum atomic E-state index is -2.58. The maximum Gasteiger partial charge on any atom is 0.152 e. The number of rotatable bonds is 3. The molecule has 0 radical (unpaired) electrons. The average Bonchev–Trinajstić information content (AvgIpc) is 2.39. The largest absolute Gasteiger partial charge is 0.313 e. The molecule has 0 aliphatic rings. The van der Waals surface area contributed by atoms with E-state index < -0.39 is 7.14 Å². The second-order valence-corrected chi connectivity index (χ2v) is 9.48. The SMILES string of the molecule is O=P(CI)(c1ccc(Cl)cc1)c1ccc(Cl)cc1. The quantitative estimate of drug-likeness (QED) is 0.407. The molecule has 0 spiro atoms. The molecule has 94 valence electrons. The van der Waals surface area contributed by atoms with Gasteiger partial charge in [0.25, 0.3) is 0 Å². The molecular formula is C13H10Cl2IOP. The van der Waals surface area contributed by atoms with E-state index in [1.165, 1.54) is 0 Å². The van der Waals surface area contributed by atoms with Crippen molar-refractivity contribution in [2.24, 2.45) is 0 Å². The van der Waals surface area contributed by atoms with Gasteiger partial charge in [0, 0.05) is 20.7 Å². The van der Waals surface area contributed by atoms with Crippen LogP contribution in [0.2, 0.25) is 10.0 Å². The van der Waals surface area contributed by atoms with Crippen molar-refractivity contribution in [3.63, 3.8) is 0 Å². The molecule has 0 amide bonds. The van der Waals surface area contributed by atoms with Crippen LogP contribution in [0.25, 0.3) is 0 Å². The van der Waals surface area contributed by atoms with Gasteiger partial charge in [0.2, 0.25) is 0 Å². The third kappa shape index (κ3) is 2.93. The topological polar surface area (TPSA) is 17.1 Å². The third-order valence-electron chi connectivity index (χ3n) is 2.66. The Morgan fingerprint density at radius 1 is 0.833 bits per heavy atom. The lowest BCUT2D eigenvalue weighted by Crippen LogP contribution is -2.16. The van der Waals surface area contributed by atoms with Crippen molar-refractivity contribution in [1.82, 2.24) is 0 Å². The summed E-state index contributed by atoms with van der Waals surface area (Å²) in [5.41, 5.74) is 0. The van der Waals surface area contributed by atoms with Crippen molar-refractivity contribution in [3.05, 3.63) is 58.6 Å². The van der Waals surface area contributed by atoms with E-state index >= 15 is 0 Å². The first-order chi connectivity index (χ1) is 8.56. The summed E-state index contributed by atoms with van der Waals surface area (Å²) in [6, 6.07) is 14.4. The Kier molecular flexibility index (Phi) is 4.76. The molecule has 0 unspecified atom stereocenters. The lowest BCUT2D eigenvalue weighted by atomic mass is 10.4. The number of alkyl halides is 1. The van der Waals surface area contributed by atoms with Crippen molar-refractivity contribution in [1.29, 1.82) is 0 Å². The summed E-state index contributed by atoms with van der Waals surface area (Å²) in [5, 5.41) is 2.94. The Bertz CT molecular complexity index is 531. The van der Waals surface area contributed by atoms with Crippen LogP contribution < -0.4 is 10.6 Å². The van der Waals surface area contributed by atoms with Gasteiger partial charge in [-0.1, -0.05) is 45.8 Å². The van der Waals surface area contributed by atoms with Crippen LogP contribution in [0, 0.1) is 0 Å². The van der Waals surface area contributed by atoms with Crippen LogP contribution in [-0.2, 0) is 4.57 Å². The van der Waals surface area contributed by atoms with Crippen molar-refractivity contribution >= 4 is 63.5 Å². The van der Waals surface area contributed by atoms with Crippen LogP contribution >= 0.6 is 52.9 Å². The summed E-state index contributed by atoms with van der Waals surface area (Å²) < 4.78 is 13.7. The minimum absolute atomic E-state index is 0.550. The Morgan fingerprint density at radius 2 is 1.17 bits per heavy atom. The molecule has 0 bridgehead atoms. The van der Waals surface area contributed by atoms with Crippen LogP contribution in [0.3, 0.4) is 0 Å². The first kappa shape index (κ1) is 14.4. The van der Waals surface area contributed by atoms with Crippen LogP contribution in [0.4, 0.5) is 0 Å². The number of hydrogen-bond donors (Lipinski definition) is 0. The monoisotopic (exact) mass is 410 g/mol. The maximum absolute atomic E-state index is 13.1. The normalized spacial score (nSPS) is 11.5. The van der Waals surface area contributed by atoms with Gasteiger partial charge in [-0.15, -0.1) is 0 Å². The molecule has 0 aromatic heterocycles. The van der Waals surface area contributed by atoms with Gasteiger partial charge in [0.1, 0.15) is 0 Å². The molecule has 5 heteroatoms. The molecule has 18 heavy (non-hydrogen) atoms. The van der Waals surface area contributed by atoms with Crippen LogP contribution in [0.15, 0.2) is 48.5 Å². The number of halogens is 3. The van der Waals surface area contributed by atoms with Crippen molar-refractivity contribution in [3.8, 4) is 0 Å². The second kappa shape index (κ2) is 5.96. The van der Waals surface area contributed by atoms with E-state index in [-0.39, 0.29) is 0 Å². The van der Waals surface area contributed by atoms with Gasteiger partial charge < -0.3 is 4.57 Å². The van der Waals surface area contributed by atoms with E-state index in [2.05, 4.69) is 22.6 Å². The second-order valence-electron chi connectivity index (χ2n) is 3.81. The van der Waals surface area contributed by atoms with E-state index in [0.717, 1.165) is 10.6 Å². The molecule has 0 aliphatic heterocycles. The van der Waals surface area contributed by atoms with E-state index in [0.29, 0.717) is 14.2 Å². The molecule has 0 heterocycles. The average molecular weight is 411 g/mol. The molecule has 0 saturated heterocycles. The van der Waals surface area contributed by atoms with Crippen molar-refractivity contribution in [2.75, 3.05) is 4.17 Å². The van der Waals surface area contributed by atoms with Crippen LogP contribution in [0.1, 0.15) is 0 Å². The first-order valence-electron chi connectivity index (χ1n) is 5.23. The van der Waals surface area contributed by atoms with Gasteiger partial charge in [0.05, 0.1) is 4.17 Å². The molecule has 2 rings (SSSR count). The fourth-order valence-corrected chi connectivity index (χ4v) is 6.10. The minimum Gasteiger partial charge on any atom is -0.313 e. The first-order valence-corrected chi connectivity index (χ1v) is 9.41. The third-order valence-corrected chi connectivity index (χ3v) is 8.64. The summed E-state index contributed by atoms with van der Waals surface area (Å²) in [6.07, 6.45) is 0. The molecule has 1 nitrogen and oxygen atoms in total. The molecule has 0 N–H and O–H groups in total. The lowest BCUT2D eigenvalue weighted by molar-refractivity contribution is 0.590. The summed E-state index contributed by atoms with van der Waals surface area (Å²) in [7, 11) is -2.58. The van der Waals surface area contributed by atoms with Gasteiger partial charge in [-0.2, -0.15) is 0 Å². The number of hydrogen-bond acceptors (Lipinski definition) is 1. The standard InChI is InChI=1S/C13H10Cl2IOP/c14-10-1-5-12(6-2-10)18(17,9-16)13-7-3-11(15)4-8-13/h1-8H,9H2. The van der Waals surface area contributed by atoms with Crippen LogP contribution in [-0.4, -0.2) is 4.17 Å². The highest BCUT2D eigenvalue weighted by atomic mass is 127. The molecule has 0 fully saturated rings. The van der Waals surface area contributed by atoms with Gasteiger partial charge in [-0.05, 0) is 48.5 Å². The van der Waals surface area contributed by atoms with E-state index in [9.17, 15) is 4.57 Å². The Hall–Kier alpha value is -0.0200. The predicted octanol–water partition coefficient (Wildman–Crippen LogP) is 4.70. The van der Waals surface area contributed by atoms with Gasteiger partial charge >= 0.3 is 0 Å². The Morgan fingerprint density at radius 3 is 1.44 bits per heavy atom. The molecule has 2 aromatic carbocycles. The zero-order valence-electron chi connectivity index (χ0n) is 9.32. The Balaban J connectivity index is 2.51. The fourth-order valence-electron chi connectivity index (χ4n) is 1.65. The highest BCUT2D eigenvalue weighted by molar-refractivity contribution is 14.1. The summed E-state index contributed by atoms with van der Waals surface area (Å²) >= 11 is 13.9. The molecular weight excluding hydrogens is 401 g/mol. The maximum atomic E-state index is 13.1. The van der Waals surface area contributed by atoms with E-state index in [1.807, 2.05) is 24.3 Å². The zero-order valence-corrected chi connectivity index (χ0v) is 13.9. The summed E-state index contributed by atoms with van der Waals surface area (Å²) in [4.78, 5) is 0. The highest BCUT2D eigenvalue weighted by Gasteiger charge is 2.25. The van der Waals surface area contributed by atoms with E-state index in [4.69, 9.17) is 23.2 Å². The predicted molar refractivity (Wildman–Crippen MR) is 88.7 cm³/mol. The van der Waals surface area contributed by atoms with Crippen LogP contribution in [0.5, 0.6) is 0 Å². The van der Waals surface area contributed by atoms with Gasteiger partial charge in [-0.25, -0.2) is 0 Å². The smallest absolute Gasteiger partial charge is 0.152 e. The highest BCUT2D eigenvalue weighted by Crippen LogP contribution is 2.45. The fraction of sp³-hybridized carbons (Fsp3) is 0.0769. The molecule has 0 aliphatic carbocycles. The summed E-state index contributed by atoms with van der Waals surface area (Å²) in [5.74, 6) is 0. The van der Waals surface area contributed by atoms with Crippen molar-refractivity contribution in [2.45, 2.75) is 0 Å². The van der Waals surface area contributed by atoms with Gasteiger partial charge in [0.15, 0.2) is 7.14 Å². The molecule has 0 atom stereocenters. The van der Waals surface area contributed by atoms with Crippen molar-refractivity contribution < 1.29 is 4.57 Å². The summed E-state index contributed by atoms with van der Waals surface area (Å²) in [6.45, 7) is 0. The van der Waals surface area contributed by atoms with Gasteiger partial charge in [-0.3, -0.25) is 0 Å². The van der Waals surface area contributed by atoms with E-state index in [1.54, 1.807) is 24.3 Å². The molecule has 0 saturated carbocycles.